The third kappa shape index (κ3) is 5.28. The molecule has 5 nitrogen and oxygen atoms in total. The van der Waals surface area contributed by atoms with Gasteiger partial charge in [0, 0.05) is 29.6 Å². The minimum absolute atomic E-state index is 0.0590. The quantitative estimate of drug-likeness (QED) is 0.580. The maximum atomic E-state index is 13.0. The molecule has 2 heterocycles. The molecule has 3 aliphatic rings. The van der Waals surface area contributed by atoms with E-state index in [-0.39, 0.29) is 23.9 Å². The average Bonchev–Trinajstić information content (AvgIpc) is 3.18. The smallest absolute Gasteiger partial charge is 0.261 e. The Hall–Kier alpha value is -1.89. The lowest BCUT2D eigenvalue weighted by Crippen LogP contribution is -2.53. The lowest BCUT2D eigenvalue weighted by Gasteiger charge is -2.32. The van der Waals surface area contributed by atoms with Gasteiger partial charge in [0.15, 0.2) is 0 Å². The Morgan fingerprint density at radius 1 is 0.909 bits per heavy atom. The van der Waals surface area contributed by atoms with Crippen LogP contribution in [0.4, 0.5) is 0 Å². The Morgan fingerprint density at radius 3 is 2.12 bits per heavy atom. The molecule has 0 radical (unpaired) electrons. The molecule has 1 aromatic carbocycles. The molecule has 2 saturated carbocycles. The van der Waals surface area contributed by atoms with Gasteiger partial charge in [-0.25, -0.2) is 0 Å². The zero-order valence-corrected chi connectivity index (χ0v) is 20.5. The van der Waals surface area contributed by atoms with Crippen molar-refractivity contribution in [2.45, 2.75) is 68.9 Å². The van der Waals surface area contributed by atoms with Crippen LogP contribution in [-0.4, -0.2) is 48.4 Å². The highest BCUT2D eigenvalue weighted by molar-refractivity contribution is 7.18. The number of rotatable bonds is 7. The molecule has 1 aliphatic heterocycles. The highest BCUT2D eigenvalue weighted by Gasteiger charge is 2.45. The van der Waals surface area contributed by atoms with Gasteiger partial charge in [-0.3, -0.25) is 9.59 Å². The van der Waals surface area contributed by atoms with Crippen LogP contribution in [-0.2, 0) is 5.41 Å². The Balaban J connectivity index is 1.20. The number of halogens is 1. The van der Waals surface area contributed by atoms with E-state index in [2.05, 4.69) is 27.7 Å². The van der Waals surface area contributed by atoms with Crippen LogP contribution in [0.1, 0.15) is 77.0 Å². The molecule has 2 N–H and O–H groups in total. The van der Waals surface area contributed by atoms with E-state index >= 15 is 0 Å². The van der Waals surface area contributed by atoms with Crippen LogP contribution in [0.25, 0.3) is 0 Å². The van der Waals surface area contributed by atoms with Crippen molar-refractivity contribution in [2.24, 2.45) is 0 Å². The Kier molecular flexibility index (Phi) is 6.77. The van der Waals surface area contributed by atoms with Crippen LogP contribution in [0.5, 0.6) is 0 Å². The number of likely N-dealkylation sites (tertiary alicyclic amines) is 1. The van der Waals surface area contributed by atoms with Gasteiger partial charge in [0.05, 0.1) is 9.21 Å². The first-order chi connectivity index (χ1) is 16.0. The predicted octanol–water partition coefficient (Wildman–Crippen LogP) is 5.00. The van der Waals surface area contributed by atoms with Gasteiger partial charge in [0.2, 0.25) is 0 Å². The van der Waals surface area contributed by atoms with E-state index in [1.807, 2.05) is 12.1 Å². The molecule has 2 aromatic rings. The molecule has 3 fully saturated rings. The topological polar surface area (TPSA) is 61.4 Å². The first-order valence-corrected chi connectivity index (χ1v) is 13.4. The Labute approximate surface area is 204 Å². The number of carbonyl (C=O) groups is 2. The minimum atomic E-state index is -0.116. The summed E-state index contributed by atoms with van der Waals surface area (Å²) in [5.74, 6) is -0.175. The van der Waals surface area contributed by atoms with Gasteiger partial charge in [-0.15, -0.1) is 11.3 Å². The zero-order valence-electron chi connectivity index (χ0n) is 18.9. The number of benzene rings is 1. The van der Waals surface area contributed by atoms with E-state index in [1.54, 1.807) is 12.1 Å². The summed E-state index contributed by atoms with van der Waals surface area (Å²) in [5.41, 5.74) is 2.35. The molecular weight excluding hydrogens is 454 g/mol. The van der Waals surface area contributed by atoms with Crippen LogP contribution < -0.4 is 10.6 Å². The van der Waals surface area contributed by atoms with E-state index in [9.17, 15) is 9.59 Å². The maximum absolute atomic E-state index is 13.0. The minimum Gasteiger partial charge on any atom is -0.347 e. The van der Waals surface area contributed by atoms with Crippen LogP contribution in [0.15, 0.2) is 36.4 Å². The molecule has 2 atom stereocenters. The van der Waals surface area contributed by atoms with E-state index in [0.717, 1.165) is 32.2 Å². The summed E-state index contributed by atoms with van der Waals surface area (Å²) in [6.45, 7) is 3.60. The lowest BCUT2D eigenvalue weighted by molar-refractivity contribution is 0.0865. The van der Waals surface area contributed by atoms with Gasteiger partial charge in [-0.05, 0) is 81.4 Å². The molecule has 7 heteroatoms. The van der Waals surface area contributed by atoms with Crippen LogP contribution >= 0.6 is 22.9 Å². The van der Waals surface area contributed by atoms with Gasteiger partial charge in [0.1, 0.15) is 0 Å². The van der Waals surface area contributed by atoms with Crippen molar-refractivity contribution < 1.29 is 9.59 Å². The van der Waals surface area contributed by atoms with Gasteiger partial charge in [0.25, 0.3) is 11.8 Å². The van der Waals surface area contributed by atoms with Crippen molar-refractivity contribution in [1.29, 1.82) is 0 Å². The molecule has 5 rings (SSSR count). The summed E-state index contributed by atoms with van der Waals surface area (Å²) in [6, 6.07) is 11.6. The predicted molar refractivity (Wildman–Crippen MR) is 133 cm³/mol. The molecule has 1 unspecified atom stereocenters. The summed E-state index contributed by atoms with van der Waals surface area (Å²) >= 11 is 7.25. The highest BCUT2D eigenvalue weighted by atomic mass is 35.5. The summed E-state index contributed by atoms with van der Waals surface area (Å²) in [6.07, 6.45) is 8.97. The van der Waals surface area contributed by atoms with Crippen molar-refractivity contribution in [3.63, 3.8) is 0 Å². The third-order valence-electron chi connectivity index (χ3n) is 7.53. The molecule has 1 aromatic heterocycles. The molecule has 0 bridgehead atoms. The number of nitrogens with one attached hydrogen (secondary N) is 2. The summed E-state index contributed by atoms with van der Waals surface area (Å²) in [7, 11) is 0. The Bertz CT molecular complexity index is 995. The van der Waals surface area contributed by atoms with E-state index in [1.165, 1.54) is 55.7 Å². The second-order valence-corrected chi connectivity index (χ2v) is 11.6. The monoisotopic (exact) mass is 485 g/mol. The largest absolute Gasteiger partial charge is 0.347 e. The van der Waals surface area contributed by atoms with Crippen molar-refractivity contribution >= 4 is 34.8 Å². The SMILES string of the molecule is O=C(N[C@@H]1CCCCC1NC(=O)c1ccc(Cl)s1)c1ccc(C2(CN3CCCC3)CC2)cc1. The van der Waals surface area contributed by atoms with Gasteiger partial charge < -0.3 is 15.5 Å². The summed E-state index contributed by atoms with van der Waals surface area (Å²) in [4.78, 5) is 28.8. The summed E-state index contributed by atoms with van der Waals surface area (Å²) < 4.78 is 0.602. The fourth-order valence-electron chi connectivity index (χ4n) is 5.44. The van der Waals surface area contributed by atoms with Gasteiger partial charge in [-0.1, -0.05) is 36.6 Å². The maximum Gasteiger partial charge on any atom is 0.261 e. The Morgan fingerprint density at radius 2 is 1.55 bits per heavy atom. The molecular formula is C26H32ClN3O2S. The number of hydrogen-bond acceptors (Lipinski definition) is 4. The number of hydrogen-bond donors (Lipinski definition) is 2. The van der Waals surface area contributed by atoms with Gasteiger partial charge in [-0.2, -0.15) is 0 Å². The first-order valence-electron chi connectivity index (χ1n) is 12.2. The lowest BCUT2D eigenvalue weighted by atomic mass is 9.89. The molecule has 0 spiro atoms. The number of amides is 2. The highest BCUT2D eigenvalue weighted by Crippen LogP contribution is 2.49. The molecule has 1 saturated heterocycles. The van der Waals surface area contributed by atoms with Crippen molar-refractivity contribution in [3.05, 3.63) is 56.7 Å². The molecule has 33 heavy (non-hydrogen) atoms. The number of nitrogens with zero attached hydrogens (tertiary/aromatic N) is 1. The number of carbonyl (C=O) groups excluding carboxylic acids is 2. The van der Waals surface area contributed by atoms with Crippen molar-refractivity contribution in [2.75, 3.05) is 19.6 Å². The first kappa shape index (κ1) is 22.9. The molecule has 2 aliphatic carbocycles. The normalized spacial score (nSPS) is 24.4. The van der Waals surface area contributed by atoms with E-state index in [0.29, 0.717) is 20.2 Å². The molecule has 2 amide bonds. The van der Waals surface area contributed by atoms with E-state index < -0.39 is 0 Å². The average molecular weight is 486 g/mol. The van der Waals surface area contributed by atoms with E-state index in [4.69, 9.17) is 11.6 Å². The second kappa shape index (κ2) is 9.77. The van der Waals surface area contributed by atoms with Crippen LogP contribution in [0.2, 0.25) is 4.34 Å². The molecule has 176 valence electrons. The zero-order chi connectivity index (χ0) is 22.8. The fourth-order valence-corrected chi connectivity index (χ4v) is 6.38. The third-order valence-corrected chi connectivity index (χ3v) is 8.76. The van der Waals surface area contributed by atoms with Crippen molar-refractivity contribution in [1.82, 2.24) is 15.5 Å². The summed E-state index contributed by atoms with van der Waals surface area (Å²) in [5, 5.41) is 6.32. The fraction of sp³-hybridized carbons (Fsp3) is 0.538. The standard InChI is InChI=1S/C26H32ClN3O2S/c27-23-12-11-22(33-23)25(32)29-21-6-2-1-5-20(21)28-24(31)18-7-9-19(10-8-18)26(13-14-26)17-30-15-3-4-16-30/h7-12,20-21H,1-6,13-17H2,(H,28,31)(H,29,32)/t20-,21?/m1/s1. The van der Waals surface area contributed by atoms with Crippen LogP contribution in [0, 0.1) is 0 Å². The van der Waals surface area contributed by atoms with Crippen LogP contribution in [0.3, 0.4) is 0 Å². The number of thiophene rings is 1. The van der Waals surface area contributed by atoms with Gasteiger partial charge >= 0.3 is 0 Å². The second-order valence-electron chi connectivity index (χ2n) is 9.89. The van der Waals surface area contributed by atoms with Crippen molar-refractivity contribution in [3.8, 4) is 0 Å².